The van der Waals surface area contributed by atoms with Crippen LogP contribution in [-0.2, 0) is 0 Å². The molecule has 2 atom stereocenters. The molecule has 3 N–H and O–H groups in total. The first-order chi connectivity index (χ1) is 12.5. The number of rotatable bonds is 7. The van der Waals surface area contributed by atoms with E-state index < -0.39 is 6.10 Å². The van der Waals surface area contributed by atoms with E-state index in [9.17, 15) is 9.90 Å². The highest BCUT2D eigenvalue weighted by atomic mass is 16.3. The quantitative estimate of drug-likeness (QED) is 0.715. The van der Waals surface area contributed by atoms with Crippen molar-refractivity contribution in [2.75, 3.05) is 32.5 Å². The van der Waals surface area contributed by atoms with E-state index in [0.29, 0.717) is 24.3 Å². The summed E-state index contributed by atoms with van der Waals surface area (Å²) >= 11 is 0. The van der Waals surface area contributed by atoms with Crippen LogP contribution in [0.4, 0.5) is 10.5 Å². The third kappa shape index (κ3) is 5.88. The van der Waals surface area contributed by atoms with Crippen molar-refractivity contribution in [1.82, 2.24) is 10.2 Å². The average molecular weight is 352 g/mol. The smallest absolute Gasteiger partial charge is 0.319 e. The molecule has 6 nitrogen and oxygen atoms in total. The third-order valence-electron chi connectivity index (χ3n) is 3.98. The lowest BCUT2D eigenvalue weighted by atomic mass is 9.95. The van der Waals surface area contributed by atoms with Crippen LogP contribution in [0.25, 0.3) is 0 Å². The zero-order valence-corrected chi connectivity index (χ0v) is 15.0. The molecule has 0 spiro atoms. The zero-order valence-electron chi connectivity index (χ0n) is 15.0. The van der Waals surface area contributed by atoms with Crippen molar-refractivity contribution in [2.45, 2.75) is 6.10 Å². The van der Waals surface area contributed by atoms with Gasteiger partial charge in [-0.15, -0.1) is 0 Å². The molecule has 0 aromatic heterocycles. The van der Waals surface area contributed by atoms with Gasteiger partial charge in [-0.2, -0.15) is 5.26 Å². The molecular weight excluding hydrogens is 328 g/mol. The summed E-state index contributed by atoms with van der Waals surface area (Å²) in [5.41, 5.74) is 1.97. The largest absolute Gasteiger partial charge is 0.388 e. The molecule has 2 aromatic rings. The fraction of sp³-hybridized carbons (Fsp3) is 0.300. The van der Waals surface area contributed by atoms with Crippen molar-refractivity contribution in [3.05, 3.63) is 65.7 Å². The maximum absolute atomic E-state index is 12.1. The van der Waals surface area contributed by atoms with Gasteiger partial charge in [-0.3, -0.25) is 0 Å². The Morgan fingerprint density at radius 1 is 1.15 bits per heavy atom. The van der Waals surface area contributed by atoms with E-state index in [1.165, 1.54) is 0 Å². The Balaban J connectivity index is 1.95. The molecule has 2 amide bonds. The topological polar surface area (TPSA) is 88.4 Å². The highest BCUT2D eigenvalue weighted by Gasteiger charge is 2.22. The predicted octanol–water partition coefficient (Wildman–Crippen LogP) is 2.59. The third-order valence-corrected chi connectivity index (χ3v) is 3.98. The number of anilines is 1. The normalized spacial score (nSPS) is 12.9. The molecule has 136 valence electrons. The van der Waals surface area contributed by atoms with E-state index in [2.05, 4.69) is 10.6 Å². The number of carbonyl (C=O) groups is 1. The summed E-state index contributed by atoms with van der Waals surface area (Å²) in [6.45, 7) is 0.962. The van der Waals surface area contributed by atoms with Gasteiger partial charge in [0.05, 0.1) is 17.7 Å². The van der Waals surface area contributed by atoms with Gasteiger partial charge >= 0.3 is 6.03 Å². The van der Waals surface area contributed by atoms with E-state index in [-0.39, 0.29) is 11.9 Å². The number of hydrogen-bond donors (Lipinski definition) is 3. The summed E-state index contributed by atoms with van der Waals surface area (Å²) in [5, 5.41) is 25.0. The Labute approximate surface area is 154 Å². The van der Waals surface area contributed by atoms with Crippen LogP contribution in [0.3, 0.4) is 0 Å². The molecule has 0 aliphatic rings. The van der Waals surface area contributed by atoms with Crippen molar-refractivity contribution in [3.8, 4) is 6.07 Å². The van der Waals surface area contributed by atoms with Gasteiger partial charge in [0.2, 0.25) is 0 Å². The lowest BCUT2D eigenvalue weighted by Crippen LogP contribution is -2.39. The second-order valence-electron chi connectivity index (χ2n) is 6.40. The molecule has 0 aliphatic heterocycles. The highest BCUT2D eigenvalue weighted by Crippen LogP contribution is 2.22. The second kappa shape index (κ2) is 9.56. The number of carbonyl (C=O) groups excluding carboxylic acids is 1. The predicted molar refractivity (Wildman–Crippen MR) is 102 cm³/mol. The number of hydrogen-bond acceptors (Lipinski definition) is 4. The minimum absolute atomic E-state index is 0.154. The molecule has 0 heterocycles. The Bertz CT molecular complexity index is 739. The number of nitrogens with one attached hydrogen (secondary N) is 2. The fourth-order valence-corrected chi connectivity index (χ4v) is 2.69. The van der Waals surface area contributed by atoms with Crippen molar-refractivity contribution in [3.63, 3.8) is 0 Å². The maximum atomic E-state index is 12.1. The van der Waals surface area contributed by atoms with Gasteiger partial charge < -0.3 is 20.6 Å². The molecule has 0 saturated carbocycles. The first kappa shape index (κ1) is 19.4. The Hall–Kier alpha value is -2.88. The summed E-state index contributed by atoms with van der Waals surface area (Å²) in [6.07, 6.45) is -0.672. The molecule has 26 heavy (non-hydrogen) atoms. The number of amides is 2. The maximum Gasteiger partial charge on any atom is 0.319 e. The van der Waals surface area contributed by atoms with Crippen LogP contribution in [0.2, 0.25) is 0 Å². The van der Waals surface area contributed by atoms with Gasteiger partial charge in [0.1, 0.15) is 0 Å². The monoisotopic (exact) mass is 352 g/mol. The van der Waals surface area contributed by atoms with Crippen molar-refractivity contribution in [2.24, 2.45) is 5.92 Å². The van der Waals surface area contributed by atoms with Gasteiger partial charge in [-0.25, -0.2) is 4.79 Å². The first-order valence-corrected chi connectivity index (χ1v) is 8.42. The van der Waals surface area contributed by atoms with E-state index in [1.807, 2.05) is 55.4 Å². The van der Waals surface area contributed by atoms with E-state index >= 15 is 0 Å². The molecule has 0 radical (unpaired) electrons. The van der Waals surface area contributed by atoms with Gasteiger partial charge in [0.15, 0.2) is 0 Å². The van der Waals surface area contributed by atoms with E-state index in [1.54, 1.807) is 24.3 Å². The van der Waals surface area contributed by atoms with Crippen LogP contribution >= 0.6 is 0 Å². The molecule has 0 aliphatic carbocycles. The number of urea groups is 1. The van der Waals surface area contributed by atoms with E-state index in [0.717, 1.165) is 5.56 Å². The van der Waals surface area contributed by atoms with Crippen LogP contribution < -0.4 is 10.6 Å². The molecule has 6 heteroatoms. The summed E-state index contributed by atoms with van der Waals surface area (Å²) < 4.78 is 0. The molecule has 0 bridgehead atoms. The molecule has 2 rings (SSSR count). The number of nitrogens with zero attached hydrogens (tertiary/aromatic N) is 2. The first-order valence-electron chi connectivity index (χ1n) is 8.42. The molecule has 0 saturated heterocycles. The summed E-state index contributed by atoms with van der Waals surface area (Å²) in [7, 11) is 3.86. The lowest BCUT2D eigenvalue weighted by molar-refractivity contribution is 0.0911. The Kier molecular flexibility index (Phi) is 7.15. The standard InChI is InChI=1S/C20H24N4O2/c1-24(2)14-17(19(25)16-6-4-3-5-7-16)13-22-20(26)23-18-10-8-15(12-21)9-11-18/h3-11,17,19,25H,13-14H2,1-2H3,(H2,22,23,26)/t17-,19+/m1/s1. The van der Waals surface area contributed by atoms with Crippen molar-refractivity contribution >= 4 is 11.7 Å². The number of benzene rings is 2. The average Bonchev–Trinajstić information content (AvgIpc) is 2.65. The molecule has 2 aromatic carbocycles. The van der Waals surface area contributed by atoms with Gasteiger partial charge in [0.25, 0.3) is 0 Å². The minimum atomic E-state index is -0.672. The van der Waals surface area contributed by atoms with Crippen molar-refractivity contribution in [1.29, 1.82) is 5.26 Å². The number of aliphatic hydroxyl groups excluding tert-OH is 1. The lowest BCUT2D eigenvalue weighted by Gasteiger charge is -2.26. The Morgan fingerprint density at radius 3 is 2.38 bits per heavy atom. The summed E-state index contributed by atoms with van der Waals surface area (Å²) in [4.78, 5) is 14.1. The Morgan fingerprint density at radius 2 is 1.81 bits per heavy atom. The SMILES string of the molecule is CN(C)C[C@@H](CNC(=O)Nc1ccc(C#N)cc1)[C@@H](O)c1ccccc1. The van der Waals surface area contributed by atoms with Crippen LogP contribution in [0.5, 0.6) is 0 Å². The van der Waals surface area contributed by atoms with Crippen LogP contribution in [0.15, 0.2) is 54.6 Å². The van der Waals surface area contributed by atoms with Crippen LogP contribution in [0.1, 0.15) is 17.2 Å². The van der Waals surface area contributed by atoms with Gasteiger partial charge in [0, 0.05) is 24.7 Å². The fourth-order valence-electron chi connectivity index (χ4n) is 2.69. The highest BCUT2D eigenvalue weighted by molar-refractivity contribution is 5.89. The van der Waals surface area contributed by atoms with Gasteiger partial charge in [-0.05, 0) is 43.9 Å². The molecular formula is C20H24N4O2. The molecule has 0 fully saturated rings. The van der Waals surface area contributed by atoms with Crippen molar-refractivity contribution < 1.29 is 9.90 Å². The van der Waals surface area contributed by atoms with E-state index in [4.69, 9.17) is 5.26 Å². The second-order valence-corrected chi connectivity index (χ2v) is 6.40. The number of nitriles is 1. The summed E-state index contributed by atoms with van der Waals surface area (Å²) in [6, 6.07) is 17.8. The summed E-state index contributed by atoms with van der Waals surface area (Å²) in [5.74, 6) is -0.154. The minimum Gasteiger partial charge on any atom is -0.388 e. The van der Waals surface area contributed by atoms with Crippen LogP contribution in [0, 0.1) is 17.2 Å². The number of aliphatic hydroxyl groups is 1. The van der Waals surface area contributed by atoms with Crippen LogP contribution in [-0.4, -0.2) is 43.2 Å². The van der Waals surface area contributed by atoms with Gasteiger partial charge in [-0.1, -0.05) is 30.3 Å². The molecule has 0 unspecified atom stereocenters. The zero-order chi connectivity index (χ0) is 18.9.